The average Bonchev–Trinajstić information content (AvgIpc) is 3.14. The van der Waals surface area contributed by atoms with Gasteiger partial charge in [-0.1, -0.05) is 18.2 Å². The maximum Gasteiger partial charge on any atom is 0.264 e. The highest BCUT2D eigenvalue weighted by atomic mass is 16.5. The third-order valence-electron chi connectivity index (χ3n) is 4.73. The average molecular weight is 388 g/mol. The number of benzene rings is 2. The molecule has 0 spiro atoms. The summed E-state index contributed by atoms with van der Waals surface area (Å²) in [6.45, 7) is 3.88. The smallest absolute Gasteiger partial charge is 0.264 e. The van der Waals surface area contributed by atoms with E-state index in [0.29, 0.717) is 22.3 Å². The Kier molecular flexibility index (Phi) is 4.72. The quantitative estimate of drug-likeness (QED) is 0.491. The molecule has 0 N–H and O–H groups in total. The molecule has 7 heteroatoms. The SMILES string of the molecule is COc1ccccc1C(=O)Cn1cnc2c(cnn2-c2cc(C)cc(C)c2)c1=O. The summed E-state index contributed by atoms with van der Waals surface area (Å²) in [7, 11) is 1.51. The Balaban J connectivity index is 1.72. The topological polar surface area (TPSA) is 79.0 Å². The van der Waals surface area contributed by atoms with Crippen LogP contribution >= 0.6 is 0 Å². The minimum atomic E-state index is -0.311. The predicted molar refractivity (Wildman–Crippen MR) is 110 cm³/mol. The van der Waals surface area contributed by atoms with Crippen molar-refractivity contribution in [2.45, 2.75) is 20.4 Å². The summed E-state index contributed by atoms with van der Waals surface area (Å²) in [6.07, 6.45) is 2.88. The van der Waals surface area contributed by atoms with Crippen LogP contribution in [0.15, 0.2) is 59.8 Å². The third kappa shape index (κ3) is 3.42. The van der Waals surface area contributed by atoms with Crippen LogP contribution in [0.5, 0.6) is 5.75 Å². The minimum Gasteiger partial charge on any atom is -0.496 e. The second-order valence-electron chi connectivity index (χ2n) is 6.94. The molecule has 146 valence electrons. The summed E-state index contributed by atoms with van der Waals surface area (Å²) in [6, 6.07) is 13.0. The van der Waals surface area contributed by atoms with E-state index in [1.54, 1.807) is 28.9 Å². The Morgan fingerprint density at radius 3 is 2.55 bits per heavy atom. The fraction of sp³-hybridized carbons (Fsp3) is 0.182. The lowest BCUT2D eigenvalue weighted by molar-refractivity contribution is 0.0967. The van der Waals surface area contributed by atoms with Crippen molar-refractivity contribution in [3.05, 3.63) is 82.0 Å². The van der Waals surface area contributed by atoms with Gasteiger partial charge in [-0.25, -0.2) is 9.67 Å². The predicted octanol–water partition coefficient (Wildman–Crippen LogP) is 3.09. The molecule has 0 saturated heterocycles. The van der Waals surface area contributed by atoms with Crippen LogP contribution in [-0.4, -0.2) is 32.2 Å². The number of hydrogen-bond donors (Lipinski definition) is 0. The number of aryl methyl sites for hydroxylation is 2. The van der Waals surface area contributed by atoms with E-state index in [0.717, 1.165) is 16.8 Å². The van der Waals surface area contributed by atoms with Gasteiger partial charge in [-0.2, -0.15) is 5.10 Å². The number of Topliss-reactive ketones (excluding diaryl/α,β-unsaturated/α-hetero) is 1. The number of fused-ring (bicyclic) bond motifs is 1. The van der Waals surface area contributed by atoms with Gasteiger partial charge < -0.3 is 4.74 Å². The number of rotatable bonds is 5. The molecule has 7 nitrogen and oxygen atoms in total. The minimum absolute atomic E-state index is 0.128. The van der Waals surface area contributed by atoms with E-state index in [9.17, 15) is 9.59 Å². The molecule has 0 radical (unpaired) electrons. The molecular weight excluding hydrogens is 368 g/mol. The van der Waals surface area contributed by atoms with Crippen molar-refractivity contribution in [3.8, 4) is 11.4 Å². The van der Waals surface area contributed by atoms with Gasteiger partial charge in [-0.3, -0.25) is 14.2 Å². The second kappa shape index (κ2) is 7.35. The van der Waals surface area contributed by atoms with Gasteiger partial charge in [0.15, 0.2) is 11.4 Å². The lowest BCUT2D eigenvalue weighted by Gasteiger charge is -2.09. The van der Waals surface area contributed by atoms with Gasteiger partial charge in [0.25, 0.3) is 5.56 Å². The van der Waals surface area contributed by atoms with E-state index >= 15 is 0 Å². The molecule has 29 heavy (non-hydrogen) atoms. The first-order chi connectivity index (χ1) is 14.0. The van der Waals surface area contributed by atoms with Crippen LogP contribution in [0, 0.1) is 13.8 Å². The molecule has 2 aromatic carbocycles. The lowest BCUT2D eigenvalue weighted by atomic mass is 10.1. The Morgan fingerprint density at radius 2 is 1.83 bits per heavy atom. The number of ketones is 1. The maximum atomic E-state index is 12.9. The molecular formula is C22H20N4O3. The standard InChI is InChI=1S/C22H20N4O3/c1-14-8-15(2)10-16(9-14)26-21-18(11-24-26)22(28)25(13-23-21)12-19(27)17-6-4-5-7-20(17)29-3/h4-11,13H,12H2,1-3H3. The Morgan fingerprint density at radius 1 is 1.10 bits per heavy atom. The van der Waals surface area contributed by atoms with Crippen molar-refractivity contribution in [1.82, 2.24) is 19.3 Å². The molecule has 2 aromatic heterocycles. The van der Waals surface area contributed by atoms with Gasteiger partial charge in [-0.15, -0.1) is 0 Å². The number of para-hydroxylation sites is 1. The van der Waals surface area contributed by atoms with Crippen molar-refractivity contribution in [2.24, 2.45) is 0 Å². The monoisotopic (exact) mass is 388 g/mol. The van der Waals surface area contributed by atoms with E-state index in [4.69, 9.17) is 4.74 Å². The first-order valence-corrected chi connectivity index (χ1v) is 9.16. The van der Waals surface area contributed by atoms with Crippen molar-refractivity contribution in [2.75, 3.05) is 7.11 Å². The van der Waals surface area contributed by atoms with Gasteiger partial charge in [0.1, 0.15) is 17.5 Å². The molecule has 4 rings (SSSR count). The maximum absolute atomic E-state index is 12.9. The zero-order valence-corrected chi connectivity index (χ0v) is 16.4. The van der Waals surface area contributed by atoms with Crippen LogP contribution in [-0.2, 0) is 6.54 Å². The molecule has 4 aromatic rings. The van der Waals surface area contributed by atoms with Gasteiger partial charge in [0.05, 0.1) is 31.1 Å². The van der Waals surface area contributed by atoms with Crippen LogP contribution < -0.4 is 10.3 Å². The summed E-state index contributed by atoms with van der Waals surface area (Å²) in [4.78, 5) is 30.0. The van der Waals surface area contributed by atoms with Gasteiger partial charge in [-0.05, 0) is 49.2 Å². The number of carbonyl (C=O) groups is 1. The van der Waals surface area contributed by atoms with E-state index in [1.165, 1.54) is 24.2 Å². The summed E-state index contributed by atoms with van der Waals surface area (Å²) in [5, 5.41) is 4.71. The van der Waals surface area contributed by atoms with Crippen LogP contribution in [0.4, 0.5) is 0 Å². The largest absolute Gasteiger partial charge is 0.496 e. The van der Waals surface area contributed by atoms with Crippen LogP contribution in [0.3, 0.4) is 0 Å². The zero-order valence-electron chi connectivity index (χ0n) is 16.4. The fourth-order valence-electron chi connectivity index (χ4n) is 3.44. The Hall–Kier alpha value is -3.74. The molecule has 0 unspecified atom stereocenters. The van der Waals surface area contributed by atoms with Crippen molar-refractivity contribution >= 4 is 16.8 Å². The lowest BCUT2D eigenvalue weighted by Crippen LogP contribution is -2.24. The van der Waals surface area contributed by atoms with Gasteiger partial charge in [0, 0.05) is 0 Å². The highest BCUT2D eigenvalue weighted by molar-refractivity contribution is 5.98. The first kappa shape index (κ1) is 18.6. The van der Waals surface area contributed by atoms with Gasteiger partial charge >= 0.3 is 0 Å². The number of aromatic nitrogens is 4. The highest BCUT2D eigenvalue weighted by Crippen LogP contribution is 2.19. The molecule has 0 aliphatic heterocycles. The summed E-state index contributed by atoms with van der Waals surface area (Å²) >= 11 is 0. The highest BCUT2D eigenvalue weighted by Gasteiger charge is 2.16. The number of methoxy groups -OCH3 is 1. The number of ether oxygens (including phenoxy) is 1. The molecule has 0 fully saturated rings. The van der Waals surface area contributed by atoms with E-state index in [2.05, 4.69) is 16.1 Å². The summed E-state index contributed by atoms with van der Waals surface area (Å²) in [5.41, 5.74) is 3.61. The summed E-state index contributed by atoms with van der Waals surface area (Å²) in [5.74, 6) is 0.245. The molecule has 0 aliphatic carbocycles. The van der Waals surface area contributed by atoms with Crippen LogP contribution in [0.1, 0.15) is 21.5 Å². The third-order valence-corrected chi connectivity index (χ3v) is 4.73. The molecule has 0 atom stereocenters. The number of carbonyl (C=O) groups excluding carboxylic acids is 1. The molecule has 0 aliphatic rings. The Bertz CT molecular complexity index is 1270. The van der Waals surface area contributed by atoms with Crippen molar-refractivity contribution in [1.29, 1.82) is 0 Å². The van der Waals surface area contributed by atoms with E-state index in [-0.39, 0.29) is 17.9 Å². The fourth-order valence-corrected chi connectivity index (χ4v) is 3.44. The van der Waals surface area contributed by atoms with E-state index in [1.807, 2.05) is 26.0 Å². The molecule has 0 saturated carbocycles. The molecule has 2 heterocycles. The van der Waals surface area contributed by atoms with Crippen molar-refractivity contribution < 1.29 is 9.53 Å². The van der Waals surface area contributed by atoms with Crippen LogP contribution in [0.2, 0.25) is 0 Å². The summed E-state index contributed by atoms with van der Waals surface area (Å²) < 4.78 is 8.18. The molecule has 0 bridgehead atoms. The number of hydrogen-bond acceptors (Lipinski definition) is 5. The van der Waals surface area contributed by atoms with Gasteiger partial charge in [0.2, 0.25) is 0 Å². The number of nitrogens with zero attached hydrogens (tertiary/aromatic N) is 4. The first-order valence-electron chi connectivity index (χ1n) is 9.16. The zero-order chi connectivity index (χ0) is 20.5. The molecule has 0 amide bonds. The van der Waals surface area contributed by atoms with Crippen LogP contribution in [0.25, 0.3) is 16.7 Å². The second-order valence-corrected chi connectivity index (χ2v) is 6.94. The van der Waals surface area contributed by atoms with E-state index < -0.39 is 0 Å². The normalized spacial score (nSPS) is 11.0. The van der Waals surface area contributed by atoms with Crippen molar-refractivity contribution in [3.63, 3.8) is 0 Å². The Labute approximate surface area is 167 Å².